The Balaban J connectivity index is 2.06. The molecule has 0 unspecified atom stereocenters. The molecular formula is C11H17N3O2. The first kappa shape index (κ1) is 11.1. The highest BCUT2D eigenvalue weighted by Crippen LogP contribution is 2.18. The standard InChI is InChI=1S/C11H17N3O2/c1-8-10(11(12)15)6-13-14(8)7-9-2-4-16-5-3-9/h6,9H,2-5,7H2,1H3,(H2,12,15). The molecule has 16 heavy (non-hydrogen) atoms. The second-order valence-corrected chi connectivity index (χ2v) is 4.25. The van der Waals surface area contributed by atoms with E-state index in [9.17, 15) is 4.79 Å². The van der Waals surface area contributed by atoms with Crippen molar-refractivity contribution in [3.05, 3.63) is 17.5 Å². The van der Waals surface area contributed by atoms with E-state index >= 15 is 0 Å². The molecule has 1 aliphatic rings. The van der Waals surface area contributed by atoms with Crippen LogP contribution < -0.4 is 5.73 Å². The van der Waals surface area contributed by atoms with Gasteiger partial charge in [-0.15, -0.1) is 0 Å². The van der Waals surface area contributed by atoms with Gasteiger partial charge in [0.25, 0.3) is 5.91 Å². The molecule has 0 atom stereocenters. The van der Waals surface area contributed by atoms with Crippen molar-refractivity contribution < 1.29 is 9.53 Å². The van der Waals surface area contributed by atoms with Gasteiger partial charge in [0.15, 0.2) is 0 Å². The fourth-order valence-corrected chi connectivity index (χ4v) is 2.05. The number of hydrogen-bond donors (Lipinski definition) is 1. The van der Waals surface area contributed by atoms with E-state index in [1.807, 2.05) is 11.6 Å². The number of carbonyl (C=O) groups is 1. The molecule has 1 aromatic rings. The van der Waals surface area contributed by atoms with Gasteiger partial charge in [-0.25, -0.2) is 0 Å². The van der Waals surface area contributed by atoms with E-state index in [1.54, 1.807) is 6.20 Å². The number of hydrogen-bond acceptors (Lipinski definition) is 3. The van der Waals surface area contributed by atoms with Crippen molar-refractivity contribution >= 4 is 5.91 Å². The van der Waals surface area contributed by atoms with Crippen LogP contribution in [0.1, 0.15) is 28.9 Å². The Labute approximate surface area is 94.6 Å². The molecule has 0 spiro atoms. The maximum absolute atomic E-state index is 11.1. The minimum atomic E-state index is -0.407. The van der Waals surface area contributed by atoms with Gasteiger partial charge in [-0.2, -0.15) is 5.10 Å². The van der Waals surface area contributed by atoms with E-state index in [0.29, 0.717) is 11.5 Å². The van der Waals surface area contributed by atoms with Crippen LogP contribution >= 0.6 is 0 Å². The van der Waals surface area contributed by atoms with E-state index in [1.165, 1.54) is 0 Å². The van der Waals surface area contributed by atoms with Gasteiger partial charge >= 0.3 is 0 Å². The molecule has 1 aromatic heterocycles. The Morgan fingerprint density at radius 1 is 1.62 bits per heavy atom. The Morgan fingerprint density at radius 2 is 2.31 bits per heavy atom. The molecule has 0 aromatic carbocycles. The van der Waals surface area contributed by atoms with Gasteiger partial charge in [-0.1, -0.05) is 0 Å². The number of primary amides is 1. The molecule has 5 nitrogen and oxygen atoms in total. The third-order valence-corrected chi connectivity index (χ3v) is 3.14. The van der Waals surface area contributed by atoms with Gasteiger partial charge in [-0.05, 0) is 25.7 Å². The van der Waals surface area contributed by atoms with Crippen molar-refractivity contribution in [1.29, 1.82) is 0 Å². The van der Waals surface area contributed by atoms with E-state index < -0.39 is 5.91 Å². The fraction of sp³-hybridized carbons (Fsp3) is 0.636. The first-order valence-electron chi connectivity index (χ1n) is 5.58. The highest BCUT2D eigenvalue weighted by atomic mass is 16.5. The number of aromatic nitrogens is 2. The zero-order valence-corrected chi connectivity index (χ0v) is 9.48. The lowest BCUT2D eigenvalue weighted by Crippen LogP contribution is -2.21. The van der Waals surface area contributed by atoms with Gasteiger partial charge in [0.2, 0.25) is 0 Å². The summed E-state index contributed by atoms with van der Waals surface area (Å²) in [6.07, 6.45) is 3.67. The summed E-state index contributed by atoms with van der Waals surface area (Å²) in [7, 11) is 0. The third-order valence-electron chi connectivity index (χ3n) is 3.14. The zero-order valence-electron chi connectivity index (χ0n) is 9.48. The van der Waals surface area contributed by atoms with Crippen molar-refractivity contribution in [1.82, 2.24) is 9.78 Å². The van der Waals surface area contributed by atoms with Crippen molar-refractivity contribution in [2.24, 2.45) is 11.7 Å². The summed E-state index contributed by atoms with van der Waals surface area (Å²) in [5.41, 5.74) is 6.63. The molecule has 1 amide bonds. The van der Waals surface area contributed by atoms with Crippen LogP contribution in [0.25, 0.3) is 0 Å². The second kappa shape index (κ2) is 4.65. The molecule has 2 rings (SSSR count). The quantitative estimate of drug-likeness (QED) is 0.820. The fourth-order valence-electron chi connectivity index (χ4n) is 2.05. The third kappa shape index (κ3) is 2.24. The normalized spacial score (nSPS) is 17.6. The van der Waals surface area contributed by atoms with Crippen LogP contribution in [0.2, 0.25) is 0 Å². The smallest absolute Gasteiger partial charge is 0.252 e. The largest absolute Gasteiger partial charge is 0.381 e. The van der Waals surface area contributed by atoms with Gasteiger partial charge < -0.3 is 10.5 Å². The van der Waals surface area contributed by atoms with E-state index in [0.717, 1.165) is 38.3 Å². The maximum Gasteiger partial charge on any atom is 0.252 e. The van der Waals surface area contributed by atoms with Crippen LogP contribution in [0.3, 0.4) is 0 Å². The highest BCUT2D eigenvalue weighted by Gasteiger charge is 2.17. The Bertz CT molecular complexity index is 381. The predicted molar refractivity (Wildman–Crippen MR) is 59.0 cm³/mol. The molecule has 0 radical (unpaired) electrons. The molecule has 2 heterocycles. The first-order valence-corrected chi connectivity index (χ1v) is 5.58. The molecule has 1 saturated heterocycles. The maximum atomic E-state index is 11.1. The molecule has 88 valence electrons. The lowest BCUT2D eigenvalue weighted by molar-refractivity contribution is 0.0599. The molecular weight excluding hydrogens is 206 g/mol. The number of nitrogens with two attached hydrogens (primary N) is 1. The lowest BCUT2D eigenvalue weighted by Gasteiger charge is -2.22. The van der Waals surface area contributed by atoms with Crippen molar-refractivity contribution in [3.63, 3.8) is 0 Å². The Morgan fingerprint density at radius 3 is 2.88 bits per heavy atom. The number of amides is 1. The molecule has 0 aliphatic carbocycles. The summed E-state index contributed by atoms with van der Waals surface area (Å²) < 4.78 is 7.18. The van der Waals surface area contributed by atoms with Gasteiger partial charge in [0, 0.05) is 25.5 Å². The van der Waals surface area contributed by atoms with Gasteiger partial charge in [0.05, 0.1) is 11.8 Å². The van der Waals surface area contributed by atoms with E-state index in [-0.39, 0.29) is 0 Å². The molecule has 1 aliphatic heterocycles. The minimum Gasteiger partial charge on any atom is -0.381 e. The Hall–Kier alpha value is -1.36. The molecule has 1 fully saturated rings. The summed E-state index contributed by atoms with van der Waals surface area (Å²) in [5.74, 6) is 0.184. The SMILES string of the molecule is Cc1c(C(N)=O)cnn1CC1CCOCC1. The summed E-state index contributed by atoms with van der Waals surface area (Å²) in [6.45, 7) is 4.39. The van der Waals surface area contributed by atoms with Crippen LogP contribution in [0, 0.1) is 12.8 Å². The molecule has 2 N–H and O–H groups in total. The molecule has 5 heteroatoms. The van der Waals surface area contributed by atoms with Crippen LogP contribution in [0.4, 0.5) is 0 Å². The van der Waals surface area contributed by atoms with Crippen molar-refractivity contribution in [2.45, 2.75) is 26.3 Å². The van der Waals surface area contributed by atoms with Crippen molar-refractivity contribution in [3.8, 4) is 0 Å². The van der Waals surface area contributed by atoms with Gasteiger partial charge in [-0.3, -0.25) is 9.48 Å². The van der Waals surface area contributed by atoms with E-state index in [4.69, 9.17) is 10.5 Å². The average Bonchev–Trinajstić information content (AvgIpc) is 2.62. The Kier molecular flexibility index (Phi) is 3.24. The number of rotatable bonds is 3. The minimum absolute atomic E-state index is 0.407. The first-order chi connectivity index (χ1) is 7.68. The van der Waals surface area contributed by atoms with Crippen LogP contribution in [-0.4, -0.2) is 28.9 Å². The number of carbonyl (C=O) groups excluding carboxylic acids is 1. The van der Waals surface area contributed by atoms with Crippen LogP contribution in [0.15, 0.2) is 6.20 Å². The summed E-state index contributed by atoms with van der Waals surface area (Å²) in [6, 6.07) is 0. The van der Waals surface area contributed by atoms with Crippen LogP contribution in [0.5, 0.6) is 0 Å². The number of nitrogens with zero attached hydrogens (tertiary/aromatic N) is 2. The lowest BCUT2D eigenvalue weighted by atomic mass is 10.0. The molecule has 0 bridgehead atoms. The predicted octanol–water partition coefficient (Wildman–Crippen LogP) is 0.717. The zero-order chi connectivity index (χ0) is 11.5. The van der Waals surface area contributed by atoms with E-state index in [2.05, 4.69) is 5.10 Å². The monoisotopic (exact) mass is 223 g/mol. The average molecular weight is 223 g/mol. The summed E-state index contributed by atoms with van der Waals surface area (Å²) in [5, 5.41) is 4.21. The summed E-state index contributed by atoms with van der Waals surface area (Å²) in [4.78, 5) is 11.1. The summed E-state index contributed by atoms with van der Waals surface area (Å²) >= 11 is 0. The number of ether oxygens (including phenoxy) is 1. The topological polar surface area (TPSA) is 70.1 Å². The van der Waals surface area contributed by atoms with Crippen molar-refractivity contribution in [2.75, 3.05) is 13.2 Å². The second-order valence-electron chi connectivity index (χ2n) is 4.25. The van der Waals surface area contributed by atoms with Crippen LogP contribution in [-0.2, 0) is 11.3 Å². The molecule has 0 saturated carbocycles. The van der Waals surface area contributed by atoms with Gasteiger partial charge in [0.1, 0.15) is 0 Å². The highest BCUT2D eigenvalue weighted by molar-refractivity contribution is 5.93.